The van der Waals surface area contributed by atoms with Crippen molar-refractivity contribution < 1.29 is 4.79 Å². The molecule has 0 fully saturated rings. The number of anilines is 2. The minimum Gasteiger partial charge on any atom is -0.382 e. The number of nitrogens with one attached hydrogen (secondary N) is 3. The Labute approximate surface area is 146 Å². The van der Waals surface area contributed by atoms with Gasteiger partial charge in [-0.15, -0.1) is 0 Å². The van der Waals surface area contributed by atoms with E-state index in [-0.39, 0.29) is 11.6 Å². The molecule has 7 nitrogen and oxygen atoms in total. The van der Waals surface area contributed by atoms with Gasteiger partial charge in [-0.25, -0.2) is 0 Å². The largest absolute Gasteiger partial charge is 0.382 e. The number of nitrogens with two attached hydrogens (primary N) is 1. The number of amidine groups is 1. The number of benzene rings is 2. The molecule has 0 aliphatic carbocycles. The first-order valence-electron chi connectivity index (χ1n) is 6.75. The van der Waals surface area contributed by atoms with Crippen molar-refractivity contribution in [3.8, 4) is 6.07 Å². The molecule has 0 spiro atoms. The maximum Gasteiger partial charge on any atom is 0.255 e. The van der Waals surface area contributed by atoms with Crippen LogP contribution in [0, 0.1) is 16.7 Å². The normalized spacial score (nSPS) is 10.6. The highest BCUT2D eigenvalue weighted by atomic mass is 79.9. The molecule has 0 unspecified atom stereocenters. The molecule has 0 saturated carbocycles. The Morgan fingerprint density at radius 1 is 1.25 bits per heavy atom. The predicted molar refractivity (Wildman–Crippen MR) is 97.1 cm³/mol. The number of carbonyl (C=O) groups is 1. The summed E-state index contributed by atoms with van der Waals surface area (Å²) in [4.78, 5) is 12.1. The van der Waals surface area contributed by atoms with Crippen LogP contribution < -0.4 is 16.5 Å². The molecule has 0 atom stereocenters. The molecule has 0 aliphatic heterocycles. The number of nitrogens with zero attached hydrogens (tertiary/aromatic N) is 2. The summed E-state index contributed by atoms with van der Waals surface area (Å²) >= 11 is 3.37. The third-order valence-corrected chi connectivity index (χ3v) is 3.57. The number of carbonyl (C=O) groups excluding carboxylic acids is 1. The second-order valence-corrected chi connectivity index (χ2v) is 5.47. The van der Waals surface area contributed by atoms with Gasteiger partial charge in [-0.3, -0.25) is 15.6 Å². The van der Waals surface area contributed by atoms with Gasteiger partial charge in [0.25, 0.3) is 5.91 Å². The Kier molecular flexibility index (Phi) is 5.65. The molecule has 5 N–H and O–H groups in total. The van der Waals surface area contributed by atoms with E-state index < -0.39 is 5.84 Å². The van der Waals surface area contributed by atoms with Crippen LogP contribution in [0.4, 0.5) is 11.4 Å². The van der Waals surface area contributed by atoms with Crippen molar-refractivity contribution in [1.82, 2.24) is 0 Å². The number of amides is 1. The van der Waals surface area contributed by atoms with Crippen LogP contribution in [0.5, 0.6) is 0 Å². The van der Waals surface area contributed by atoms with Crippen LogP contribution in [0.15, 0.2) is 58.1 Å². The van der Waals surface area contributed by atoms with Crippen molar-refractivity contribution in [1.29, 1.82) is 10.7 Å². The van der Waals surface area contributed by atoms with Crippen molar-refractivity contribution in [3.63, 3.8) is 0 Å². The molecule has 0 radical (unpaired) electrons. The fourth-order valence-electron chi connectivity index (χ4n) is 1.74. The quantitative estimate of drug-likeness (QED) is 0.358. The molecule has 2 aromatic rings. The van der Waals surface area contributed by atoms with Crippen molar-refractivity contribution in [2.75, 3.05) is 10.7 Å². The average molecular weight is 385 g/mol. The highest BCUT2D eigenvalue weighted by molar-refractivity contribution is 9.10. The minimum absolute atomic E-state index is 0.215. The number of rotatable bonds is 5. The summed E-state index contributed by atoms with van der Waals surface area (Å²) in [5.41, 5.74) is 9.33. The zero-order valence-corrected chi connectivity index (χ0v) is 14.0. The van der Waals surface area contributed by atoms with E-state index in [0.717, 1.165) is 0 Å². The van der Waals surface area contributed by atoms with Gasteiger partial charge in [-0.2, -0.15) is 10.4 Å². The fraction of sp³-hybridized carbons (Fsp3) is 0. The second kappa shape index (κ2) is 7.89. The number of halogens is 1. The van der Waals surface area contributed by atoms with Gasteiger partial charge in [0.2, 0.25) is 5.71 Å². The highest BCUT2D eigenvalue weighted by Gasteiger charge is 2.08. The van der Waals surface area contributed by atoms with E-state index in [4.69, 9.17) is 16.4 Å². The van der Waals surface area contributed by atoms with Crippen LogP contribution in [-0.4, -0.2) is 17.5 Å². The third kappa shape index (κ3) is 4.41. The predicted octanol–water partition coefficient (Wildman–Crippen LogP) is 2.93. The highest BCUT2D eigenvalue weighted by Crippen LogP contribution is 2.26. The minimum atomic E-state index is -0.421. The Hall–Kier alpha value is -3.18. The molecule has 120 valence electrons. The Balaban J connectivity index is 2.12. The van der Waals surface area contributed by atoms with E-state index in [1.807, 2.05) is 6.07 Å². The molecule has 2 rings (SSSR count). The van der Waals surface area contributed by atoms with E-state index in [1.165, 1.54) is 0 Å². The lowest BCUT2D eigenvalue weighted by molar-refractivity contribution is 0.102. The molecule has 0 aliphatic rings. The maximum absolute atomic E-state index is 12.1. The maximum atomic E-state index is 12.1. The molecular formula is C16H13BrN6O. The molecule has 0 aromatic heterocycles. The zero-order valence-electron chi connectivity index (χ0n) is 12.4. The Bertz CT molecular complexity index is 841. The van der Waals surface area contributed by atoms with Gasteiger partial charge in [-0.05, 0) is 46.3 Å². The standard InChI is InChI=1S/C16H13BrN6O/c17-12-8-11(22-23-14(9-18)15(19)20)6-7-13(12)21-16(24)10-4-2-1-3-5-10/h1-8,22H,(H3,19,20)(H,21,24)/b23-14+. The van der Waals surface area contributed by atoms with Gasteiger partial charge in [0.1, 0.15) is 6.07 Å². The monoisotopic (exact) mass is 384 g/mol. The first kappa shape index (κ1) is 17.2. The van der Waals surface area contributed by atoms with E-state index in [9.17, 15) is 4.79 Å². The molecule has 0 saturated heterocycles. The van der Waals surface area contributed by atoms with Crippen molar-refractivity contribution in [3.05, 3.63) is 58.6 Å². The van der Waals surface area contributed by atoms with Gasteiger partial charge < -0.3 is 11.1 Å². The Morgan fingerprint density at radius 3 is 2.54 bits per heavy atom. The van der Waals surface area contributed by atoms with Crippen LogP contribution in [0.3, 0.4) is 0 Å². The Morgan fingerprint density at radius 2 is 1.96 bits per heavy atom. The van der Waals surface area contributed by atoms with E-state index in [0.29, 0.717) is 21.4 Å². The van der Waals surface area contributed by atoms with Crippen LogP contribution >= 0.6 is 15.9 Å². The number of hydrogen-bond acceptors (Lipinski definition) is 5. The zero-order chi connectivity index (χ0) is 17.5. The summed E-state index contributed by atoms with van der Waals surface area (Å²) in [6, 6.07) is 15.6. The van der Waals surface area contributed by atoms with Crippen molar-refractivity contribution in [2.24, 2.45) is 10.8 Å². The number of nitriles is 1. The molecule has 2 aromatic carbocycles. The smallest absolute Gasteiger partial charge is 0.255 e. The van der Waals surface area contributed by atoms with Gasteiger partial charge in [0.05, 0.1) is 11.4 Å². The van der Waals surface area contributed by atoms with Crippen molar-refractivity contribution >= 4 is 44.8 Å². The van der Waals surface area contributed by atoms with Crippen LogP contribution in [-0.2, 0) is 0 Å². The first-order chi connectivity index (χ1) is 11.5. The van der Waals surface area contributed by atoms with Gasteiger partial charge in [0.15, 0.2) is 5.84 Å². The topological polar surface area (TPSA) is 127 Å². The number of hydrazone groups is 1. The third-order valence-electron chi connectivity index (χ3n) is 2.91. The number of hydrogen-bond donors (Lipinski definition) is 4. The summed E-state index contributed by atoms with van der Waals surface area (Å²) in [6.07, 6.45) is 0. The lowest BCUT2D eigenvalue weighted by atomic mass is 10.2. The molecule has 8 heteroatoms. The van der Waals surface area contributed by atoms with Crippen LogP contribution in [0.1, 0.15) is 10.4 Å². The molecule has 0 bridgehead atoms. The summed E-state index contributed by atoms with van der Waals surface area (Å²) < 4.78 is 0.633. The lowest BCUT2D eigenvalue weighted by Gasteiger charge is -2.09. The summed E-state index contributed by atoms with van der Waals surface area (Å²) in [6.45, 7) is 0. The van der Waals surface area contributed by atoms with Crippen LogP contribution in [0.25, 0.3) is 0 Å². The van der Waals surface area contributed by atoms with Gasteiger partial charge in [-0.1, -0.05) is 18.2 Å². The second-order valence-electron chi connectivity index (χ2n) is 4.61. The van der Waals surface area contributed by atoms with E-state index in [2.05, 4.69) is 31.8 Å². The van der Waals surface area contributed by atoms with Crippen molar-refractivity contribution in [2.45, 2.75) is 0 Å². The van der Waals surface area contributed by atoms with E-state index >= 15 is 0 Å². The fourth-order valence-corrected chi connectivity index (χ4v) is 2.21. The lowest BCUT2D eigenvalue weighted by Crippen LogP contribution is -2.21. The van der Waals surface area contributed by atoms with Gasteiger partial charge in [0, 0.05) is 10.0 Å². The first-order valence-corrected chi connectivity index (χ1v) is 7.54. The van der Waals surface area contributed by atoms with Gasteiger partial charge >= 0.3 is 0 Å². The summed E-state index contributed by atoms with van der Waals surface area (Å²) in [7, 11) is 0. The SMILES string of the molecule is N#C/C(=N\Nc1ccc(NC(=O)c2ccccc2)c(Br)c1)C(=N)N. The van der Waals surface area contributed by atoms with Crippen LogP contribution in [0.2, 0.25) is 0 Å². The summed E-state index contributed by atoms with van der Waals surface area (Å²) in [5, 5.41) is 22.5. The molecule has 0 heterocycles. The molecule has 24 heavy (non-hydrogen) atoms. The van der Waals surface area contributed by atoms with E-state index in [1.54, 1.807) is 48.5 Å². The average Bonchev–Trinajstić information content (AvgIpc) is 2.58. The molecule has 1 amide bonds. The summed E-state index contributed by atoms with van der Waals surface area (Å²) in [5.74, 6) is -0.644. The molecular weight excluding hydrogens is 372 g/mol.